The van der Waals surface area contributed by atoms with Crippen LogP contribution in [0.5, 0.6) is 0 Å². The first-order valence-corrected chi connectivity index (χ1v) is 6.15. The fourth-order valence-corrected chi connectivity index (χ4v) is 2.19. The van der Waals surface area contributed by atoms with Crippen molar-refractivity contribution in [1.82, 2.24) is 30.4 Å². The van der Waals surface area contributed by atoms with Crippen LogP contribution in [0.4, 0.5) is 0 Å². The highest BCUT2D eigenvalue weighted by molar-refractivity contribution is 5.94. The highest BCUT2D eigenvalue weighted by Gasteiger charge is 2.11. The van der Waals surface area contributed by atoms with E-state index < -0.39 is 0 Å². The van der Waals surface area contributed by atoms with E-state index in [0.29, 0.717) is 0 Å². The summed E-state index contributed by atoms with van der Waals surface area (Å²) in [5.41, 5.74) is 4.56. The zero-order valence-corrected chi connectivity index (χ0v) is 10.4. The van der Waals surface area contributed by atoms with E-state index in [1.807, 2.05) is 24.4 Å². The lowest BCUT2D eigenvalue weighted by atomic mass is 10.1. The van der Waals surface area contributed by atoms with Crippen molar-refractivity contribution in [1.29, 1.82) is 0 Å². The molecule has 4 rings (SSSR count). The molecular formula is C14H10N6. The lowest BCUT2D eigenvalue weighted by Gasteiger charge is -2.00. The van der Waals surface area contributed by atoms with E-state index in [-0.39, 0.29) is 0 Å². The third-order valence-corrected chi connectivity index (χ3v) is 3.18. The average molecular weight is 262 g/mol. The zero-order valence-electron chi connectivity index (χ0n) is 10.4. The third kappa shape index (κ3) is 1.66. The van der Waals surface area contributed by atoms with Crippen molar-refractivity contribution in [2.45, 2.75) is 0 Å². The minimum Gasteiger partial charge on any atom is -0.285 e. The van der Waals surface area contributed by atoms with E-state index in [0.717, 1.165) is 33.4 Å². The number of rotatable bonds is 2. The average Bonchev–Trinajstić information content (AvgIpc) is 3.16. The van der Waals surface area contributed by atoms with E-state index in [9.17, 15) is 0 Å². The minimum atomic E-state index is 0.862. The van der Waals surface area contributed by atoms with Crippen molar-refractivity contribution in [3.8, 4) is 22.5 Å². The van der Waals surface area contributed by atoms with Gasteiger partial charge in [-0.05, 0) is 18.2 Å². The van der Waals surface area contributed by atoms with E-state index >= 15 is 0 Å². The molecule has 0 radical (unpaired) electrons. The maximum Gasteiger partial charge on any atom is 0.103 e. The molecule has 96 valence electrons. The summed E-state index contributed by atoms with van der Waals surface area (Å²) in [7, 11) is 0. The molecule has 4 heterocycles. The van der Waals surface area contributed by atoms with Crippen LogP contribution in [-0.4, -0.2) is 30.4 Å². The first-order chi connectivity index (χ1) is 9.92. The molecule has 0 atom stereocenters. The maximum absolute atomic E-state index is 4.44. The number of nitrogens with one attached hydrogen (secondary N) is 2. The lowest BCUT2D eigenvalue weighted by Crippen LogP contribution is -1.84. The Morgan fingerprint density at radius 2 is 2.05 bits per heavy atom. The van der Waals surface area contributed by atoms with Crippen LogP contribution in [0.1, 0.15) is 0 Å². The number of aromatic amines is 2. The fraction of sp³-hybridized carbons (Fsp3) is 0. The van der Waals surface area contributed by atoms with Gasteiger partial charge < -0.3 is 0 Å². The summed E-state index contributed by atoms with van der Waals surface area (Å²) in [6, 6.07) is 5.89. The van der Waals surface area contributed by atoms with Gasteiger partial charge in [-0.15, -0.1) is 0 Å². The summed E-state index contributed by atoms with van der Waals surface area (Å²) in [6.45, 7) is 0. The van der Waals surface area contributed by atoms with Crippen LogP contribution in [0.15, 0.2) is 49.2 Å². The molecule has 6 heteroatoms. The van der Waals surface area contributed by atoms with Crippen LogP contribution in [0, 0.1) is 0 Å². The van der Waals surface area contributed by atoms with Gasteiger partial charge in [0.05, 0.1) is 23.6 Å². The summed E-state index contributed by atoms with van der Waals surface area (Å²) in [4.78, 5) is 8.56. The number of pyridine rings is 2. The molecule has 0 aliphatic heterocycles. The largest absolute Gasteiger partial charge is 0.285 e. The van der Waals surface area contributed by atoms with E-state index in [2.05, 4.69) is 30.4 Å². The van der Waals surface area contributed by atoms with Crippen molar-refractivity contribution in [2.75, 3.05) is 0 Å². The molecule has 4 aromatic heterocycles. The fourth-order valence-electron chi connectivity index (χ4n) is 2.19. The van der Waals surface area contributed by atoms with Gasteiger partial charge >= 0.3 is 0 Å². The standard InChI is InChI=1S/C14H10N6/c1-2-9(5-15-3-1)12-4-11-13(8-16-12)19-20-14(11)10-6-17-18-7-10/h1-8H,(H,17,18)(H,19,20). The SMILES string of the molecule is c1cncc(-c2cc3c(-c4cn[nH]c4)n[nH]c3cn2)c1. The first kappa shape index (κ1) is 10.9. The molecule has 0 spiro atoms. The summed E-state index contributed by atoms with van der Waals surface area (Å²) >= 11 is 0. The number of H-pyrrole nitrogens is 2. The van der Waals surface area contributed by atoms with E-state index in [1.165, 1.54) is 0 Å². The number of nitrogens with zero attached hydrogens (tertiary/aromatic N) is 4. The third-order valence-electron chi connectivity index (χ3n) is 3.18. The van der Waals surface area contributed by atoms with Crippen molar-refractivity contribution in [3.63, 3.8) is 0 Å². The smallest absolute Gasteiger partial charge is 0.103 e. The number of hydrogen-bond donors (Lipinski definition) is 2. The Labute approximate surface area is 113 Å². The second kappa shape index (κ2) is 4.27. The molecule has 0 bridgehead atoms. The highest BCUT2D eigenvalue weighted by Crippen LogP contribution is 2.28. The molecule has 4 aromatic rings. The van der Waals surface area contributed by atoms with Gasteiger partial charge in [-0.3, -0.25) is 20.2 Å². The topological polar surface area (TPSA) is 83.1 Å². The highest BCUT2D eigenvalue weighted by atomic mass is 15.1. The lowest BCUT2D eigenvalue weighted by molar-refractivity contribution is 1.09. The molecule has 0 aliphatic carbocycles. The van der Waals surface area contributed by atoms with Crippen LogP contribution >= 0.6 is 0 Å². The van der Waals surface area contributed by atoms with E-state index in [1.54, 1.807) is 24.8 Å². The monoisotopic (exact) mass is 262 g/mol. The van der Waals surface area contributed by atoms with Gasteiger partial charge in [-0.1, -0.05) is 0 Å². The van der Waals surface area contributed by atoms with Gasteiger partial charge in [0.2, 0.25) is 0 Å². The molecule has 20 heavy (non-hydrogen) atoms. The summed E-state index contributed by atoms with van der Waals surface area (Å²) in [6.07, 6.45) is 8.90. The second-order valence-corrected chi connectivity index (χ2v) is 4.42. The predicted molar refractivity (Wildman–Crippen MR) is 74.7 cm³/mol. The normalized spacial score (nSPS) is 11.0. The Bertz CT molecular complexity index is 848. The molecule has 0 aliphatic rings. The van der Waals surface area contributed by atoms with Gasteiger partial charge in [0.1, 0.15) is 5.69 Å². The molecule has 2 N–H and O–H groups in total. The van der Waals surface area contributed by atoms with Crippen molar-refractivity contribution < 1.29 is 0 Å². The molecule has 0 saturated carbocycles. The van der Waals surface area contributed by atoms with Gasteiger partial charge in [0.15, 0.2) is 0 Å². The van der Waals surface area contributed by atoms with Gasteiger partial charge in [-0.2, -0.15) is 10.2 Å². The minimum absolute atomic E-state index is 0.862. The molecule has 0 fully saturated rings. The summed E-state index contributed by atoms with van der Waals surface area (Å²) < 4.78 is 0. The van der Waals surface area contributed by atoms with Gasteiger partial charge in [-0.25, -0.2) is 0 Å². The molecule has 0 aromatic carbocycles. The maximum atomic E-state index is 4.44. The molecule has 0 unspecified atom stereocenters. The van der Waals surface area contributed by atoms with Crippen LogP contribution in [0.3, 0.4) is 0 Å². The Balaban J connectivity index is 1.92. The van der Waals surface area contributed by atoms with Crippen LogP contribution in [0.2, 0.25) is 0 Å². The summed E-state index contributed by atoms with van der Waals surface area (Å²) in [5, 5.41) is 15.1. The Morgan fingerprint density at radius 3 is 2.85 bits per heavy atom. The molecule has 0 saturated heterocycles. The van der Waals surface area contributed by atoms with Gasteiger partial charge in [0, 0.05) is 35.1 Å². The Kier molecular flexibility index (Phi) is 2.32. The molecular weight excluding hydrogens is 252 g/mol. The van der Waals surface area contributed by atoms with Crippen LogP contribution < -0.4 is 0 Å². The Hall–Kier alpha value is -3.02. The van der Waals surface area contributed by atoms with Crippen molar-refractivity contribution in [3.05, 3.63) is 49.2 Å². The van der Waals surface area contributed by atoms with Gasteiger partial charge in [0.25, 0.3) is 0 Å². The molecule has 0 amide bonds. The predicted octanol–water partition coefficient (Wildman–Crippen LogP) is 2.41. The zero-order chi connectivity index (χ0) is 13.4. The number of hydrogen-bond acceptors (Lipinski definition) is 4. The number of aromatic nitrogens is 6. The van der Waals surface area contributed by atoms with Crippen molar-refractivity contribution in [2.24, 2.45) is 0 Å². The van der Waals surface area contributed by atoms with Crippen LogP contribution in [-0.2, 0) is 0 Å². The second-order valence-electron chi connectivity index (χ2n) is 4.42. The first-order valence-electron chi connectivity index (χ1n) is 6.15. The quantitative estimate of drug-likeness (QED) is 0.581. The van der Waals surface area contributed by atoms with Crippen molar-refractivity contribution >= 4 is 10.9 Å². The number of fused-ring (bicyclic) bond motifs is 1. The van der Waals surface area contributed by atoms with E-state index in [4.69, 9.17) is 0 Å². The summed E-state index contributed by atoms with van der Waals surface area (Å²) in [5.74, 6) is 0. The molecule has 6 nitrogen and oxygen atoms in total. The van der Waals surface area contributed by atoms with Crippen LogP contribution in [0.25, 0.3) is 33.4 Å². The Morgan fingerprint density at radius 1 is 1.05 bits per heavy atom.